The zero-order valence-electron chi connectivity index (χ0n) is 16.6. The number of methoxy groups -OCH3 is 2. The summed E-state index contributed by atoms with van der Waals surface area (Å²) >= 11 is 0. The third-order valence-electron chi connectivity index (χ3n) is 5.02. The number of ether oxygens (including phenoxy) is 2. The van der Waals surface area contributed by atoms with Gasteiger partial charge in [-0.3, -0.25) is 4.98 Å². The molecule has 2 N–H and O–H groups in total. The SMILES string of the molecule is COC(=O)c1ccc(OC)c(NC(=O)N2CCc3[nH]cnc3[C@@H]2c2ccccn2)c1. The number of hydrogen-bond donors (Lipinski definition) is 2. The number of aromatic amines is 1. The number of rotatable bonds is 4. The molecule has 1 aliphatic rings. The van der Waals surface area contributed by atoms with E-state index in [2.05, 4.69) is 20.3 Å². The number of H-pyrrole nitrogens is 1. The van der Waals surface area contributed by atoms with Crippen LogP contribution in [0.2, 0.25) is 0 Å². The molecule has 1 atom stereocenters. The molecule has 1 aromatic carbocycles. The predicted molar refractivity (Wildman–Crippen MR) is 108 cm³/mol. The lowest BCUT2D eigenvalue weighted by molar-refractivity contribution is 0.0600. The van der Waals surface area contributed by atoms with Crippen molar-refractivity contribution in [2.24, 2.45) is 0 Å². The van der Waals surface area contributed by atoms with Crippen molar-refractivity contribution < 1.29 is 19.1 Å². The van der Waals surface area contributed by atoms with Gasteiger partial charge in [0.2, 0.25) is 0 Å². The van der Waals surface area contributed by atoms with Crippen LogP contribution in [0.3, 0.4) is 0 Å². The minimum Gasteiger partial charge on any atom is -0.495 e. The summed E-state index contributed by atoms with van der Waals surface area (Å²) in [6.45, 7) is 0.473. The number of fused-ring (bicyclic) bond motifs is 1. The molecule has 0 saturated carbocycles. The number of carbonyl (C=O) groups excluding carboxylic acids is 2. The Hall–Kier alpha value is -3.88. The van der Waals surface area contributed by atoms with Crippen molar-refractivity contribution in [2.45, 2.75) is 12.5 Å². The van der Waals surface area contributed by atoms with E-state index >= 15 is 0 Å². The van der Waals surface area contributed by atoms with Crippen molar-refractivity contribution in [1.29, 1.82) is 0 Å². The molecular formula is C21H21N5O4. The highest BCUT2D eigenvalue weighted by molar-refractivity contribution is 5.95. The lowest BCUT2D eigenvalue weighted by Gasteiger charge is -2.34. The number of carbonyl (C=O) groups is 2. The summed E-state index contributed by atoms with van der Waals surface area (Å²) in [5, 5.41) is 2.86. The van der Waals surface area contributed by atoms with E-state index in [0.29, 0.717) is 30.0 Å². The van der Waals surface area contributed by atoms with Crippen LogP contribution in [0.4, 0.5) is 10.5 Å². The Bertz CT molecular complexity index is 1070. The van der Waals surface area contributed by atoms with Gasteiger partial charge < -0.3 is 24.7 Å². The molecule has 0 fully saturated rings. The smallest absolute Gasteiger partial charge is 0.337 e. The minimum atomic E-state index is -0.501. The van der Waals surface area contributed by atoms with Gasteiger partial charge >= 0.3 is 12.0 Å². The normalized spacial score (nSPS) is 15.3. The second-order valence-corrected chi connectivity index (χ2v) is 6.70. The van der Waals surface area contributed by atoms with Gasteiger partial charge in [-0.15, -0.1) is 0 Å². The van der Waals surface area contributed by atoms with Crippen molar-refractivity contribution in [3.05, 3.63) is 71.6 Å². The Labute approximate surface area is 173 Å². The molecule has 2 amide bonds. The van der Waals surface area contributed by atoms with Crippen molar-refractivity contribution in [3.8, 4) is 5.75 Å². The van der Waals surface area contributed by atoms with Crippen molar-refractivity contribution in [3.63, 3.8) is 0 Å². The second-order valence-electron chi connectivity index (χ2n) is 6.70. The molecular weight excluding hydrogens is 386 g/mol. The first-order chi connectivity index (χ1) is 14.6. The molecule has 3 aromatic rings. The highest BCUT2D eigenvalue weighted by Crippen LogP contribution is 2.33. The monoisotopic (exact) mass is 407 g/mol. The molecule has 4 rings (SSSR count). The van der Waals surface area contributed by atoms with E-state index in [1.807, 2.05) is 18.2 Å². The highest BCUT2D eigenvalue weighted by Gasteiger charge is 2.35. The summed E-state index contributed by atoms with van der Waals surface area (Å²) in [4.78, 5) is 38.9. The van der Waals surface area contributed by atoms with Gasteiger partial charge in [0.25, 0.3) is 0 Å². The number of nitrogens with zero attached hydrogens (tertiary/aromatic N) is 3. The predicted octanol–water partition coefficient (Wildman–Crippen LogP) is 2.78. The molecule has 2 aromatic heterocycles. The maximum atomic E-state index is 13.3. The molecule has 0 bridgehead atoms. The molecule has 154 valence electrons. The van der Waals surface area contributed by atoms with Crippen molar-refractivity contribution >= 4 is 17.7 Å². The van der Waals surface area contributed by atoms with Gasteiger partial charge in [0, 0.05) is 24.9 Å². The van der Waals surface area contributed by atoms with E-state index in [1.54, 1.807) is 29.6 Å². The van der Waals surface area contributed by atoms with Crippen molar-refractivity contribution in [1.82, 2.24) is 19.9 Å². The van der Waals surface area contributed by atoms with Crippen LogP contribution in [0.1, 0.15) is 33.5 Å². The maximum absolute atomic E-state index is 13.3. The van der Waals surface area contributed by atoms with Gasteiger partial charge in [-0.2, -0.15) is 0 Å². The number of hydrogen-bond acceptors (Lipinski definition) is 6. The molecule has 3 heterocycles. The lowest BCUT2D eigenvalue weighted by Crippen LogP contribution is -2.43. The van der Waals surface area contributed by atoms with Crippen LogP contribution in [-0.2, 0) is 11.2 Å². The van der Waals surface area contributed by atoms with Crippen molar-refractivity contribution in [2.75, 3.05) is 26.1 Å². The molecule has 9 nitrogen and oxygen atoms in total. The van der Waals surface area contributed by atoms with E-state index in [4.69, 9.17) is 9.47 Å². The molecule has 0 radical (unpaired) electrons. The molecule has 0 aliphatic carbocycles. The molecule has 9 heteroatoms. The summed E-state index contributed by atoms with van der Waals surface area (Å²) < 4.78 is 10.1. The zero-order valence-corrected chi connectivity index (χ0v) is 16.6. The third-order valence-corrected chi connectivity index (χ3v) is 5.02. The first-order valence-electron chi connectivity index (χ1n) is 9.39. The molecule has 0 spiro atoms. The average Bonchev–Trinajstić information content (AvgIpc) is 3.27. The van der Waals surface area contributed by atoms with Gasteiger partial charge in [0.05, 0.1) is 43.2 Å². The number of esters is 1. The Balaban J connectivity index is 1.67. The highest BCUT2D eigenvalue weighted by atomic mass is 16.5. The largest absolute Gasteiger partial charge is 0.495 e. The number of benzene rings is 1. The number of anilines is 1. The standard InChI is InChI=1S/C21H21N5O4/c1-29-17-7-6-13(20(27)30-2)11-16(17)25-21(28)26-10-8-14-18(24-12-23-14)19(26)15-5-3-4-9-22-15/h3-7,9,11-12,19H,8,10H2,1-2H3,(H,23,24)(H,25,28)/t19-/m0/s1. The van der Waals surface area contributed by atoms with Gasteiger partial charge in [-0.25, -0.2) is 14.6 Å². The van der Waals surface area contributed by atoms with E-state index in [1.165, 1.54) is 20.3 Å². The van der Waals surface area contributed by atoms with Crippen LogP contribution in [-0.4, -0.2) is 52.6 Å². The van der Waals surface area contributed by atoms with Gasteiger partial charge in [-0.1, -0.05) is 6.07 Å². The summed E-state index contributed by atoms with van der Waals surface area (Å²) in [5.41, 5.74) is 3.16. The number of pyridine rings is 1. The van der Waals surface area contributed by atoms with Gasteiger partial charge in [0.15, 0.2) is 0 Å². The second kappa shape index (κ2) is 8.24. The van der Waals surface area contributed by atoms with Crippen LogP contribution >= 0.6 is 0 Å². The number of imidazole rings is 1. The average molecular weight is 407 g/mol. The van der Waals surface area contributed by atoms with E-state index < -0.39 is 12.0 Å². The number of nitrogens with one attached hydrogen (secondary N) is 2. The summed E-state index contributed by atoms with van der Waals surface area (Å²) in [6, 6.07) is 9.51. The minimum absolute atomic E-state index is 0.308. The van der Waals surface area contributed by atoms with Gasteiger partial charge in [0.1, 0.15) is 11.8 Å². The molecule has 30 heavy (non-hydrogen) atoms. The maximum Gasteiger partial charge on any atom is 0.337 e. The molecule has 0 unspecified atom stereocenters. The first-order valence-corrected chi connectivity index (χ1v) is 9.39. The zero-order chi connectivity index (χ0) is 21.1. The number of amides is 2. The fourth-order valence-electron chi connectivity index (χ4n) is 3.57. The quantitative estimate of drug-likeness (QED) is 0.644. The van der Waals surface area contributed by atoms with E-state index in [-0.39, 0.29) is 6.03 Å². The van der Waals surface area contributed by atoms with Gasteiger partial charge in [-0.05, 0) is 30.3 Å². The topological polar surface area (TPSA) is 109 Å². The first kappa shape index (κ1) is 19.4. The Morgan fingerprint density at radius 2 is 2.07 bits per heavy atom. The van der Waals surface area contributed by atoms with E-state index in [0.717, 1.165) is 17.1 Å². The Kier molecular flexibility index (Phi) is 5.34. The third kappa shape index (κ3) is 3.57. The molecule has 0 saturated heterocycles. The van der Waals surface area contributed by atoms with E-state index in [9.17, 15) is 9.59 Å². The summed E-state index contributed by atoms with van der Waals surface area (Å²) in [7, 11) is 2.80. The van der Waals surface area contributed by atoms with Crippen LogP contribution in [0.5, 0.6) is 5.75 Å². The molecule has 1 aliphatic heterocycles. The van der Waals surface area contributed by atoms with Crippen LogP contribution < -0.4 is 10.1 Å². The van der Waals surface area contributed by atoms with Crippen LogP contribution in [0.15, 0.2) is 48.9 Å². The summed E-state index contributed by atoms with van der Waals surface area (Å²) in [5.74, 6) is -0.0680. The summed E-state index contributed by atoms with van der Waals surface area (Å²) in [6.07, 6.45) is 3.96. The van der Waals surface area contributed by atoms with Crippen LogP contribution in [0.25, 0.3) is 0 Å². The lowest BCUT2D eigenvalue weighted by atomic mass is 10.00. The Morgan fingerprint density at radius 1 is 1.20 bits per heavy atom. The Morgan fingerprint density at radius 3 is 2.80 bits per heavy atom. The fourth-order valence-corrected chi connectivity index (χ4v) is 3.57. The van der Waals surface area contributed by atoms with Crippen LogP contribution in [0, 0.1) is 0 Å². The number of aromatic nitrogens is 3. The number of urea groups is 1. The fraction of sp³-hybridized carbons (Fsp3) is 0.238.